The molecule has 0 aliphatic heterocycles. The minimum Gasteiger partial charge on any atom is -0.204 e. The molecule has 1 aliphatic carbocycles. The second-order valence-corrected chi connectivity index (χ2v) is 2.62. The van der Waals surface area contributed by atoms with E-state index in [9.17, 15) is 8.78 Å². The maximum atomic E-state index is 12.0. The van der Waals surface area contributed by atoms with E-state index >= 15 is 0 Å². The third kappa shape index (κ3) is 0.558. The highest BCUT2D eigenvalue weighted by Gasteiger charge is 2.68. The molecule has 0 nitrogen and oxygen atoms in total. The molecule has 1 atom stereocenters. The van der Waals surface area contributed by atoms with Crippen LogP contribution in [0, 0.1) is 0 Å². The van der Waals surface area contributed by atoms with Crippen molar-refractivity contribution >= 4 is 11.6 Å². The lowest BCUT2D eigenvalue weighted by atomic mass is 10.4. The molecule has 1 unspecified atom stereocenters. The largest absolute Gasteiger partial charge is 0.272 e. The summed E-state index contributed by atoms with van der Waals surface area (Å²) in [6.45, 7) is 3.18. The van der Waals surface area contributed by atoms with Crippen molar-refractivity contribution in [3.05, 3.63) is 12.7 Å². The highest BCUT2D eigenvalue weighted by molar-refractivity contribution is 6.28. The zero-order valence-corrected chi connectivity index (χ0v) is 4.88. The predicted molar refractivity (Wildman–Crippen MR) is 28.3 cm³/mol. The van der Waals surface area contributed by atoms with Gasteiger partial charge >= 0.3 is 0 Å². The van der Waals surface area contributed by atoms with Crippen LogP contribution in [-0.4, -0.2) is 10.8 Å². The van der Waals surface area contributed by atoms with Gasteiger partial charge < -0.3 is 0 Å². The Kier molecular flexibility index (Phi) is 0.932. The number of alkyl halides is 3. The first kappa shape index (κ1) is 6.02. The average molecular weight is 139 g/mol. The Hall–Kier alpha value is -0.110. The molecule has 0 N–H and O–H groups in total. The molecule has 0 amide bonds. The van der Waals surface area contributed by atoms with E-state index in [-0.39, 0.29) is 6.42 Å². The quantitative estimate of drug-likeness (QED) is 0.385. The highest BCUT2D eigenvalue weighted by Crippen LogP contribution is 2.58. The Labute approximate surface area is 51.1 Å². The maximum absolute atomic E-state index is 12.0. The number of hydrogen-bond acceptors (Lipinski definition) is 0. The van der Waals surface area contributed by atoms with Gasteiger partial charge in [-0.1, -0.05) is 6.08 Å². The lowest BCUT2D eigenvalue weighted by Crippen LogP contribution is -2.05. The van der Waals surface area contributed by atoms with Crippen molar-refractivity contribution in [3.63, 3.8) is 0 Å². The standard InChI is InChI=1S/C5H5ClF2/c1-2-4(6)3-5(4,7)8/h2H,1,3H2. The van der Waals surface area contributed by atoms with Gasteiger partial charge in [-0.2, -0.15) is 0 Å². The molecular formula is C5H5ClF2. The molecule has 0 bridgehead atoms. The fourth-order valence-electron chi connectivity index (χ4n) is 0.500. The molecule has 46 valence electrons. The molecule has 8 heavy (non-hydrogen) atoms. The summed E-state index contributed by atoms with van der Waals surface area (Å²) in [5, 5.41) is 0. The summed E-state index contributed by atoms with van der Waals surface area (Å²) in [6.07, 6.45) is 0.833. The van der Waals surface area contributed by atoms with E-state index in [1.807, 2.05) is 0 Å². The molecule has 0 aromatic carbocycles. The normalized spacial score (nSPS) is 41.4. The summed E-state index contributed by atoms with van der Waals surface area (Å²) in [6, 6.07) is 0. The Balaban J connectivity index is 2.68. The fraction of sp³-hybridized carbons (Fsp3) is 0.600. The molecule has 0 saturated heterocycles. The zero-order valence-electron chi connectivity index (χ0n) is 4.13. The number of rotatable bonds is 1. The molecule has 1 saturated carbocycles. The van der Waals surface area contributed by atoms with Crippen molar-refractivity contribution in [1.29, 1.82) is 0 Å². The third-order valence-electron chi connectivity index (χ3n) is 1.29. The van der Waals surface area contributed by atoms with Gasteiger partial charge in [-0.25, -0.2) is 8.78 Å². The third-order valence-corrected chi connectivity index (χ3v) is 1.85. The number of halogens is 3. The van der Waals surface area contributed by atoms with Crippen molar-refractivity contribution < 1.29 is 8.78 Å². The van der Waals surface area contributed by atoms with Crippen LogP contribution < -0.4 is 0 Å². The number of allylic oxidation sites excluding steroid dienone is 1. The summed E-state index contributed by atoms with van der Waals surface area (Å²) in [5.74, 6) is -2.70. The molecule has 1 rings (SSSR count). The molecule has 0 aromatic rings. The van der Waals surface area contributed by atoms with Gasteiger partial charge in [-0.3, -0.25) is 0 Å². The van der Waals surface area contributed by atoms with E-state index in [1.54, 1.807) is 0 Å². The van der Waals surface area contributed by atoms with Crippen LogP contribution in [0.15, 0.2) is 12.7 Å². The highest BCUT2D eigenvalue weighted by atomic mass is 35.5. The number of hydrogen-bond donors (Lipinski definition) is 0. The van der Waals surface area contributed by atoms with Crippen molar-refractivity contribution in [2.45, 2.75) is 17.2 Å². The molecule has 0 radical (unpaired) electrons. The van der Waals surface area contributed by atoms with Gasteiger partial charge in [-0.05, 0) is 0 Å². The van der Waals surface area contributed by atoms with Gasteiger partial charge in [0.25, 0.3) is 5.92 Å². The van der Waals surface area contributed by atoms with Gasteiger partial charge in [0.05, 0.1) is 0 Å². The minimum absolute atomic E-state index is 0.259. The zero-order chi connectivity index (χ0) is 6.41. The molecular weight excluding hydrogens is 134 g/mol. The Morgan fingerprint density at radius 1 is 1.62 bits per heavy atom. The molecule has 0 heterocycles. The van der Waals surface area contributed by atoms with Crippen molar-refractivity contribution in [2.24, 2.45) is 0 Å². The monoisotopic (exact) mass is 138 g/mol. The molecule has 1 aliphatic rings. The van der Waals surface area contributed by atoms with Crippen LogP contribution in [0.2, 0.25) is 0 Å². The van der Waals surface area contributed by atoms with E-state index in [2.05, 4.69) is 6.58 Å². The minimum atomic E-state index is -2.70. The van der Waals surface area contributed by atoms with E-state index in [0.29, 0.717) is 0 Å². The molecule has 0 spiro atoms. The lowest BCUT2D eigenvalue weighted by Gasteiger charge is -1.95. The first-order valence-electron chi connectivity index (χ1n) is 2.22. The Morgan fingerprint density at radius 2 is 2.00 bits per heavy atom. The average Bonchev–Trinajstić information content (AvgIpc) is 2.10. The summed E-state index contributed by atoms with van der Waals surface area (Å²) >= 11 is 5.25. The molecule has 3 heteroatoms. The SMILES string of the molecule is C=CC1(Cl)CC1(F)F. The van der Waals surface area contributed by atoms with Crippen molar-refractivity contribution in [3.8, 4) is 0 Å². The maximum Gasteiger partial charge on any atom is 0.272 e. The van der Waals surface area contributed by atoms with Crippen LogP contribution in [0.3, 0.4) is 0 Å². The van der Waals surface area contributed by atoms with E-state index in [0.717, 1.165) is 6.08 Å². The summed E-state index contributed by atoms with van der Waals surface area (Å²) < 4.78 is 24.0. The van der Waals surface area contributed by atoms with Gasteiger partial charge in [0.1, 0.15) is 4.87 Å². The van der Waals surface area contributed by atoms with Gasteiger partial charge in [0.15, 0.2) is 0 Å². The van der Waals surface area contributed by atoms with Crippen LogP contribution in [0.1, 0.15) is 6.42 Å². The van der Waals surface area contributed by atoms with Crippen LogP contribution in [0.4, 0.5) is 8.78 Å². The summed E-state index contributed by atoms with van der Waals surface area (Å²) in [5.41, 5.74) is 0. The Morgan fingerprint density at radius 3 is 2.00 bits per heavy atom. The fourth-order valence-corrected chi connectivity index (χ4v) is 0.668. The van der Waals surface area contributed by atoms with Crippen LogP contribution in [0.25, 0.3) is 0 Å². The van der Waals surface area contributed by atoms with E-state index < -0.39 is 10.8 Å². The topological polar surface area (TPSA) is 0 Å². The van der Waals surface area contributed by atoms with Crippen LogP contribution in [0.5, 0.6) is 0 Å². The lowest BCUT2D eigenvalue weighted by molar-refractivity contribution is 0.112. The van der Waals surface area contributed by atoms with Crippen LogP contribution in [-0.2, 0) is 0 Å². The van der Waals surface area contributed by atoms with E-state index in [1.165, 1.54) is 0 Å². The summed E-state index contributed by atoms with van der Waals surface area (Å²) in [4.78, 5) is -1.41. The van der Waals surface area contributed by atoms with Gasteiger partial charge in [0, 0.05) is 6.42 Å². The van der Waals surface area contributed by atoms with Gasteiger partial charge in [0.2, 0.25) is 0 Å². The first-order chi connectivity index (χ1) is 3.52. The van der Waals surface area contributed by atoms with Gasteiger partial charge in [-0.15, -0.1) is 18.2 Å². The van der Waals surface area contributed by atoms with E-state index in [4.69, 9.17) is 11.6 Å². The van der Waals surface area contributed by atoms with Crippen LogP contribution >= 0.6 is 11.6 Å². The van der Waals surface area contributed by atoms with Crippen molar-refractivity contribution in [2.75, 3.05) is 0 Å². The summed E-state index contributed by atoms with van der Waals surface area (Å²) in [7, 11) is 0. The Bertz CT molecular complexity index is 132. The predicted octanol–water partition coefficient (Wildman–Crippen LogP) is 2.19. The second-order valence-electron chi connectivity index (χ2n) is 1.95. The molecule has 0 aromatic heterocycles. The first-order valence-corrected chi connectivity index (χ1v) is 2.60. The molecule has 1 fully saturated rings. The smallest absolute Gasteiger partial charge is 0.204 e. The second kappa shape index (κ2) is 1.24. The van der Waals surface area contributed by atoms with Crippen molar-refractivity contribution in [1.82, 2.24) is 0 Å².